The summed E-state index contributed by atoms with van der Waals surface area (Å²) >= 11 is 1.46. The Kier molecular flexibility index (Phi) is 4.15. The molecule has 3 rings (SSSR count). The fourth-order valence-electron chi connectivity index (χ4n) is 2.53. The molecule has 0 spiro atoms. The molecule has 2 aliphatic carbocycles. The normalized spacial score (nSPS) is 20.0. The number of hydrogen-bond donors (Lipinski definition) is 3. The number of amides is 3. The lowest BCUT2D eigenvalue weighted by Crippen LogP contribution is -2.48. The molecule has 1 fully saturated rings. The summed E-state index contributed by atoms with van der Waals surface area (Å²) in [6.45, 7) is 2.21. The van der Waals surface area contributed by atoms with Crippen LogP contribution in [-0.2, 0) is 22.4 Å². The van der Waals surface area contributed by atoms with E-state index in [1.807, 2.05) is 6.07 Å². The summed E-state index contributed by atoms with van der Waals surface area (Å²) < 4.78 is 0. The molecule has 0 unspecified atom stereocenters. The second-order valence-corrected chi connectivity index (χ2v) is 7.20. The van der Waals surface area contributed by atoms with E-state index in [1.165, 1.54) is 21.8 Å². The van der Waals surface area contributed by atoms with E-state index in [1.54, 1.807) is 0 Å². The number of hydrogen-bond acceptors (Lipinski definition) is 4. The van der Waals surface area contributed by atoms with E-state index in [2.05, 4.69) is 23.1 Å². The van der Waals surface area contributed by atoms with E-state index >= 15 is 0 Å². The third-order valence-corrected chi connectivity index (χ3v) is 5.20. The first-order valence-corrected chi connectivity index (χ1v) is 8.37. The van der Waals surface area contributed by atoms with Crippen molar-refractivity contribution in [2.24, 2.45) is 5.92 Å². The van der Waals surface area contributed by atoms with Crippen LogP contribution in [0.1, 0.15) is 46.3 Å². The molecule has 118 valence electrons. The fraction of sp³-hybridized carbons (Fsp3) is 0.533. The fourth-order valence-corrected chi connectivity index (χ4v) is 3.63. The van der Waals surface area contributed by atoms with E-state index < -0.39 is 11.8 Å². The standard InChI is InChI=1S/C15H19N3O3S/c1-8-2-5-11-9(6-8)7-12(22-11)13(19)17-18-15(21)14(20)16-10-3-4-10/h7-8,10H,2-6H2,1H3,(H,16,20)(H,17,19)(H,18,21)/t8-/m0/s1. The smallest absolute Gasteiger partial charge is 0.327 e. The first-order chi connectivity index (χ1) is 10.5. The van der Waals surface area contributed by atoms with E-state index in [9.17, 15) is 14.4 Å². The Morgan fingerprint density at radius 2 is 1.91 bits per heavy atom. The van der Waals surface area contributed by atoms with Gasteiger partial charge in [-0.25, -0.2) is 0 Å². The average Bonchev–Trinajstić information content (AvgIpc) is 3.20. The predicted molar refractivity (Wildman–Crippen MR) is 82.3 cm³/mol. The maximum atomic E-state index is 12.1. The van der Waals surface area contributed by atoms with E-state index in [0.717, 1.165) is 32.1 Å². The third-order valence-electron chi connectivity index (χ3n) is 3.96. The third kappa shape index (κ3) is 3.47. The minimum absolute atomic E-state index is 0.111. The monoisotopic (exact) mass is 321 g/mol. The Morgan fingerprint density at radius 1 is 1.14 bits per heavy atom. The summed E-state index contributed by atoms with van der Waals surface area (Å²) in [6.07, 6.45) is 4.96. The average molecular weight is 321 g/mol. The molecule has 3 amide bonds. The van der Waals surface area contributed by atoms with Gasteiger partial charge in [-0.3, -0.25) is 25.2 Å². The van der Waals surface area contributed by atoms with Gasteiger partial charge in [0.05, 0.1) is 4.88 Å². The van der Waals surface area contributed by atoms with Gasteiger partial charge in [-0.2, -0.15) is 0 Å². The van der Waals surface area contributed by atoms with Crippen LogP contribution in [0.2, 0.25) is 0 Å². The van der Waals surface area contributed by atoms with Gasteiger partial charge in [0.1, 0.15) is 0 Å². The largest absolute Gasteiger partial charge is 0.345 e. The van der Waals surface area contributed by atoms with Gasteiger partial charge in [0.25, 0.3) is 5.91 Å². The molecule has 1 aromatic heterocycles. The number of fused-ring (bicyclic) bond motifs is 1. The molecule has 0 bridgehead atoms. The summed E-state index contributed by atoms with van der Waals surface area (Å²) in [5.41, 5.74) is 5.69. The molecule has 7 heteroatoms. The second kappa shape index (κ2) is 6.08. The van der Waals surface area contributed by atoms with Crippen molar-refractivity contribution in [3.05, 3.63) is 21.4 Å². The number of aryl methyl sites for hydroxylation is 1. The second-order valence-electron chi connectivity index (χ2n) is 6.06. The van der Waals surface area contributed by atoms with Gasteiger partial charge in [0.2, 0.25) is 0 Å². The summed E-state index contributed by atoms with van der Waals surface area (Å²) in [7, 11) is 0. The number of carbonyl (C=O) groups is 3. The van der Waals surface area contributed by atoms with Gasteiger partial charge in [-0.1, -0.05) is 6.92 Å². The van der Waals surface area contributed by atoms with Crippen LogP contribution in [0.25, 0.3) is 0 Å². The van der Waals surface area contributed by atoms with Crippen LogP contribution >= 0.6 is 11.3 Å². The summed E-state index contributed by atoms with van der Waals surface area (Å²) in [5.74, 6) is -1.28. The van der Waals surface area contributed by atoms with Crippen molar-refractivity contribution in [3.8, 4) is 0 Å². The lowest BCUT2D eigenvalue weighted by molar-refractivity contribution is -0.139. The quantitative estimate of drug-likeness (QED) is 0.559. The van der Waals surface area contributed by atoms with Gasteiger partial charge >= 0.3 is 11.8 Å². The van der Waals surface area contributed by atoms with Crippen LogP contribution in [0, 0.1) is 5.92 Å². The first-order valence-electron chi connectivity index (χ1n) is 7.55. The Balaban J connectivity index is 1.53. The highest BCUT2D eigenvalue weighted by Crippen LogP contribution is 2.32. The topological polar surface area (TPSA) is 87.3 Å². The Morgan fingerprint density at radius 3 is 2.64 bits per heavy atom. The number of hydrazine groups is 1. The highest BCUT2D eigenvalue weighted by Gasteiger charge is 2.27. The Hall–Kier alpha value is -1.89. The van der Waals surface area contributed by atoms with Crippen molar-refractivity contribution in [2.45, 2.75) is 45.1 Å². The molecule has 0 radical (unpaired) electrons. The number of carbonyl (C=O) groups excluding carboxylic acids is 3. The Labute approximate surface area is 132 Å². The number of nitrogens with one attached hydrogen (secondary N) is 3. The van der Waals surface area contributed by atoms with Crippen LogP contribution < -0.4 is 16.2 Å². The predicted octanol–water partition coefficient (Wildman–Crippen LogP) is 0.912. The van der Waals surface area contributed by atoms with Crippen molar-refractivity contribution in [1.82, 2.24) is 16.2 Å². The van der Waals surface area contributed by atoms with Gasteiger partial charge in [0, 0.05) is 10.9 Å². The number of rotatable bonds is 2. The summed E-state index contributed by atoms with van der Waals surface area (Å²) in [5, 5.41) is 2.56. The zero-order valence-corrected chi connectivity index (χ0v) is 13.2. The molecule has 0 aliphatic heterocycles. The van der Waals surface area contributed by atoms with Crippen LogP contribution in [-0.4, -0.2) is 23.8 Å². The lowest BCUT2D eigenvalue weighted by atomic mass is 9.90. The van der Waals surface area contributed by atoms with Crippen molar-refractivity contribution in [2.75, 3.05) is 0 Å². The molecule has 0 saturated heterocycles. The molecule has 1 aromatic rings. The Bertz CT molecular complexity index is 622. The molecule has 6 nitrogen and oxygen atoms in total. The summed E-state index contributed by atoms with van der Waals surface area (Å²) in [4.78, 5) is 36.9. The minimum atomic E-state index is -0.838. The zero-order valence-electron chi connectivity index (χ0n) is 12.4. The maximum absolute atomic E-state index is 12.1. The number of thiophene rings is 1. The molecule has 1 atom stereocenters. The molecule has 22 heavy (non-hydrogen) atoms. The van der Waals surface area contributed by atoms with Gasteiger partial charge in [0.15, 0.2) is 0 Å². The SMILES string of the molecule is C[C@H]1CCc2sc(C(=O)NNC(=O)C(=O)NC3CC3)cc2C1. The van der Waals surface area contributed by atoms with Crippen LogP contribution in [0.5, 0.6) is 0 Å². The highest BCUT2D eigenvalue weighted by atomic mass is 32.1. The van der Waals surface area contributed by atoms with E-state index in [0.29, 0.717) is 10.8 Å². The van der Waals surface area contributed by atoms with Crippen LogP contribution in [0.15, 0.2) is 6.07 Å². The molecule has 0 aromatic carbocycles. The van der Waals surface area contributed by atoms with Crippen molar-refractivity contribution >= 4 is 29.1 Å². The van der Waals surface area contributed by atoms with Gasteiger partial charge in [-0.15, -0.1) is 11.3 Å². The first kappa shape index (κ1) is 15.0. The molecule has 1 heterocycles. The van der Waals surface area contributed by atoms with Crippen molar-refractivity contribution in [3.63, 3.8) is 0 Å². The molecular weight excluding hydrogens is 302 g/mol. The van der Waals surface area contributed by atoms with Crippen LogP contribution in [0.3, 0.4) is 0 Å². The van der Waals surface area contributed by atoms with Gasteiger partial charge < -0.3 is 5.32 Å². The highest BCUT2D eigenvalue weighted by molar-refractivity contribution is 7.14. The molecule has 1 saturated carbocycles. The lowest BCUT2D eigenvalue weighted by Gasteiger charge is -2.16. The van der Waals surface area contributed by atoms with Crippen molar-refractivity contribution < 1.29 is 14.4 Å². The van der Waals surface area contributed by atoms with Crippen molar-refractivity contribution in [1.29, 1.82) is 0 Å². The van der Waals surface area contributed by atoms with E-state index in [-0.39, 0.29) is 11.9 Å². The molecule has 3 N–H and O–H groups in total. The summed E-state index contributed by atoms with van der Waals surface area (Å²) in [6, 6.07) is 2.00. The maximum Gasteiger partial charge on any atom is 0.327 e. The van der Waals surface area contributed by atoms with Gasteiger partial charge in [-0.05, 0) is 49.7 Å². The van der Waals surface area contributed by atoms with Crippen LogP contribution in [0.4, 0.5) is 0 Å². The van der Waals surface area contributed by atoms with E-state index in [4.69, 9.17) is 0 Å². The zero-order chi connectivity index (χ0) is 15.7. The molecular formula is C15H19N3O3S. The molecule has 2 aliphatic rings. The minimum Gasteiger partial charge on any atom is -0.345 e.